The lowest BCUT2D eigenvalue weighted by atomic mass is 10.1. The molecule has 0 spiro atoms. The van der Waals surface area contributed by atoms with Crippen molar-refractivity contribution in [3.63, 3.8) is 0 Å². The van der Waals surface area contributed by atoms with Gasteiger partial charge < -0.3 is 5.11 Å². The normalized spacial score (nSPS) is 11.8. The molecule has 1 heterocycles. The third-order valence-corrected chi connectivity index (χ3v) is 4.24. The average Bonchev–Trinajstić information content (AvgIpc) is 2.91. The molecular formula is C16H10BrF3N2O2. The predicted molar refractivity (Wildman–Crippen MR) is 84.9 cm³/mol. The number of benzene rings is 2. The van der Waals surface area contributed by atoms with Crippen molar-refractivity contribution in [3.8, 4) is 0 Å². The maximum absolute atomic E-state index is 12.6. The number of aromatic nitrogens is 2. The topological polar surface area (TPSA) is 55.1 Å². The number of alkyl halides is 3. The second-order valence-electron chi connectivity index (χ2n) is 5.16. The molecule has 0 radical (unpaired) electrons. The van der Waals surface area contributed by atoms with Gasteiger partial charge in [-0.05, 0) is 45.8 Å². The van der Waals surface area contributed by atoms with Crippen LogP contribution in [0.15, 0.2) is 47.1 Å². The van der Waals surface area contributed by atoms with Crippen molar-refractivity contribution in [2.45, 2.75) is 12.7 Å². The van der Waals surface area contributed by atoms with Crippen molar-refractivity contribution >= 4 is 32.8 Å². The maximum atomic E-state index is 12.6. The molecule has 3 aromatic rings. The van der Waals surface area contributed by atoms with Crippen molar-refractivity contribution < 1.29 is 23.1 Å². The summed E-state index contributed by atoms with van der Waals surface area (Å²) in [4.78, 5) is 11.3. The molecule has 0 aliphatic heterocycles. The van der Waals surface area contributed by atoms with Gasteiger partial charge in [-0.3, -0.25) is 4.68 Å². The Morgan fingerprint density at radius 3 is 2.42 bits per heavy atom. The molecule has 2 aromatic carbocycles. The minimum atomic E-state index is -4.38. The number of fused-ring (bicyclic) bond motifs is 1. The zero-order valence-corrected chi connectivity index (χ0v) is 13.6. The van der Waals surface area contributed by atoms with Crippen LogP contribution in [0, 0.1) is 0 Å². The maximum Gasteiger partial charge on any atom is 0.416 e. The minimum absolute atomic E-state index is 0.117. The Labute approximate surface area is 142 Å². The first-order valence-electron chi connectivity index (χ1n) is 6.81. The number of carboxylic acids is 1. The van der Waals surface area contributed by atoms with E-state index in [0.717, 1.165) is 12.1 Å². The summed E-state index contributed by atoms with van der Waals surface area (Å²) < 4.78 is 40.0. The first-order valence-corrected chi connectivity index (χ1v) is 7.60. The van der Waals surface area contributed by atoms with Gasteiger partial charge in [-0.1, -0.05) is 12.1 Å². The van der Waals surface area contributed by atoms with Crippen LogP contribution < -0.4 is 0 Å². The van der Waals surface area contributed by atoms with E-state index in [0.29, 0.717) is 20.9 Å². The smallest absolute Gasteiger partial charge is 0.416 e. The first kappa shape index (κ1) is 16.5. The van der Waals surface area contributed by atoms with Gasteiger partial charge in [-0.25, -0.2) is 4.79 Å². The molecule has 3 rings (SSSR count). The van der Waals surface area contributed by atoms with E-state index in [1.54, 1.807) is 10.7 Å². The van der Waals surface area contributed by atoms with Crippen LogP contribution in [0.4, 0.5) is 13.2 Å². The quantitative estimate of drug-likeness (QED) is 0.703. The number of nitrogens with zero attached hydrogens (tertiary/aromatic N) is 2. The van der Waals surface area contributed by atoms with Gasteiger partial charge in [0.2, 0.25) is 0 Å². The number of hydrogen-bond acceptors (Lipinski definition) is 2. The molecule has 4 nitrogen and oxygen atoms in total. The summed E-state index contributed by atoms with van der Waals surface area (Å²) in [5, 5.41) is 13.8. The zero-order chi connectivity index (χ0) is 17.5. The molecule has 0 aliphatic rings. The van der Waals surface area contributed by atoms with Crippen molar-refractivity contribution in [1.29, 1.82) is 0 Å². The van der Waals surface area contributed by atoms with Crippen LogP contribution in [0.2, 0.25) is 0 Å². The summed E-state index contributed by atoms with van der Waals surface area (Å²) in [5.41, 5.74) is 0.605. The van der Waals surface area contributed by atoms with Crippen LogP contribution >= 0.6 is 15.9 Å². The molecule has 8 heteroatoms. The summed E-state index contributed by atoms with van der Waals surface area (Å²) in [6.07, 6.45) is -2.94. The molecule has 1 N–H and O–H groups in total. The number of rotatable bonds is 3. The number of aromatic carboxylic acids is 1. The largest absolute Gasteiger partial charge is 0.478 e. The van der Waals surface area contributed by atoms with Crippen LogP contribution in [-0.4, -0.2) is 20.9 Å². The highest BCUT2D eigenvalue weighted by Gasteiger charge is 2.29. The van der Waals surface area contributed by atoms with E-state index in [1.165, 1.54) is 24.4 Å². The second-order valence-corrected chi connectivity index (χ2v) is 6.01. The lowest BCUT2D eigenvalue weighted by molar-refractivity contribution is -0.137. The molecule has 0 bridgehead atoms. The van der Waals surface area contributed by atoms with E-state index in [9.17, 15) is 23.1 Å². The second kappa shape index (κ2) is 5.94. The zero-order valence-electron chi connectivity index (χ0n) is 12.0. The lowest BCUT2D eigenvalue weighted by Gasteiger charge is -2.09. The number of halogens is 4. The van der Waals surface area contributed by atoms with E-state index in [1.807, 2.05) is 0 Å². The Morgan fingerprint density at radius 1 is 1.17 bits per heavy atom. The fourth-order valence-electron chi connectivity index (χ4n) is 2.44. The lowest BCUT2D eigenvalue weighted by Crippen LogP contribution is -2.06. The monoisotopic (exact) mass is 398 g/mol. The summed E-state index contributed by atoms with van der Waals surface area (Å²) in [5.74, 6) is -1.07. The fourth-order valence-corrected chi connectivity index (χ4v) is 2.99. The van der Waals surface area contributed by atoms with Crippen molar-refractivity contribution in [2.75, 3.05) is 0 Å². The Morgan fingerprint density at radius 2 is 1.83 bits per heavy atom. The van der Waals surface area contributed by atoms with Crippen molar-refractivity contribution in [2.24, 2.45) is 0 Å². The molecule has 0 saturated carbocycles. The Kier molecular flexibility index (Phi) is 4.08. The third kappa shape index (κ3) is 3.01. The van der Waals surface area contributed by atoms with Gasteiger partial charge in [-0.2, -0.15) is 18.3 Å². The Hall–Kier alpha value is -2.35. The highest BCUT2D eigenvalue weighted by Crippen LogP contribution is 2.30. The van der Waals surface area contributed by atoms with Crippen LogP contribution in [-0.2, 0) is 12.7 Å². The molecule has 1 aromatic heterocycles. The van der Waals surface area contributed by atoms with Crippen molar-refractivity contribution in [3.05, 3.63) is 63.8 Å². The van der Waals surface area contributed by atoms with Crippen LogP contribution in [0.25, 0.3) is 10.9 Å². The molecule has 0 unspecified atom stereocenters. The van der Waals surface area contributed by atoms with E-state index in [2.05, 4.69) is 21.0 Å². The van der Waals surface area contributed by atoms with Gasteiger partial charge in [0, 0.05) is 9.86 Å². The van der Waals surface area contributed by atoms with Crippen LogP contribution in [0.1, 0.15) is 21.5 Å². The Balaban J connectivity index is 1.99. The first-order chi connectivity index (χ1) is 11.3. The fraction of sp³-hybridized carbons (Fsp3) is 0.125. The number of carboxylic acid groups (broad SMARTS) is 1. The van der Waals surface area contributed by atoms with Gasteiger partial charge >= 0.3 is 12.1 Å². The SMILES string of the molecule is O=C(O)c1ccc(Br)c2c1cnn2Cc1ccc(C(F)(F)F)cc1. The van der Waals surface area contributed by atoms with E-state index >= 15 is 0 Å². The Bertz CT molecular complexity index is 917. The van der Waals surface area contributed by atoms with E-state index in [-0.39, 0.29) is 12.1 Å². The van der Waals surface area contributed by atoms with Crippen LogP contribution in [0.3, 0.4) is 0 Å². The van der Waals surface area contributed by atoms with Gasteiger partial charge in [0.15, 0.2) is 0 Å². The van der Waals surface area contributed by atoms with Crippen LogP contribution in [0.5, 0.6) is 0 Å². The van der Waals surface area contributed by atoms with Gasteiger partial charge in [0.1, 0.15) is 0 Å². The molecule has 0 atom stereocenters. The van der Waals surface area contributed by atoms with Gasteiger partial charge in [-0.15, -0.1) is 0 Å². The van der Waals surface area contributed by atoms with E-state index in [4.69, 9.17) is 0 Å². The highest BCUT2D eigenvalue weighted by atomic mass is 79.9. The average molecular weight is 399 g/mol. The molecule has 0 amide bonds. The molecule has 124 valence electrons. The highest BCUT2D eigenvalue weighted by molar-refractivity contribution is 9.10. The molecule has 0 aliphatic carbocycles. The summed E-state index contributed by atoms with van der Waals surface area (Å²) in [7, 11) is 0. The summed E-state index contributed by atoms with van der Waals surface area (Å²) in [6.45, 7) is 0.226. The standard InChI is InChI=1S/C16H10BrF3N2O2/c17-13-6-5-11(15(23)24)12-7-21-22(14(12)13)8-9-1-3-10(4-2-9)16(18,19)20/h1-7H,8H2,(H,23,24). The van der Waals surface area contributed by atoms with Crippen molar-refractivity contribution in [1.82, 2.24) is 9.78 Å². The molecule has 24 heavy (non-hydrogen) atoms. The summed E-state index contributed by atoms with van der Waals surface area (Å²) in [6, 6.07) is 7.86. The molecule has 0 fully saturated rings. The summed E-state index contributed by atoms with van der Waals surface area (Å²) >= 11 is 3.36. The number of hydrogen-bond donors (Lipinski definition) is 1. The number of carbonyl (C=O) groups is 1. The van der Waals surface area contributed by atoms with Gasteiger partial charge in [0.25, 0.3) is 0 Å². The molecular weight excluding hydrogens is 389 g/mol. The van der Waals surface area contributed by atoms with E-state index < -0.39 is 17.7 Å². The molecule has 0 saturated heterocycles. The minimum Gasteiger partial charge on any atom is -0.478 e. The predicted octanol–water partition coefficient (Wildman–Crippen LogP) is 4.56. The third-order valence-electron chi connectivity index (χ3n) is 3.60. The van der Waals surface area contributed by atoms with Gasteiger partial charge in [0.05, 0.1) is 29.4 Å².